The summed E-state index contributed by atoms with van der Waals surface area (Å²) >= 11 is 3.33. The molecule has 0 saturated heterocycles. The molecule has 2 aromatic rings. The topological polar surface area (TPSA) is 28.7 Å². The van der Waals surface area contributed by atoms with Crippen molar-refractivity contribution in [3.63, 3.8) is 0 Å². The Hall–Kier alpha value is -1.09. The fourth-order valence-electron chi connectivity index (χ4n) is 2.18. The first-order valence-corrected chi connectivity index (χ1v) is 5.95. The number of hydrogen-bond acceptors (Lipinski definition) is 1. The first-order chi connectivity index (χ1) is 7.33. The van der Waals surface area contributed by atoms with Gasteiger partial charge in [-0.15, -0.1) is 0 Å². The van der Waals surface area contributed by atoms with Crippen LogP contribution in [-0.2, 0) is 12.8 Å². The third kappa shape index (κ3) is 1.61. The zero-order valence-electron chi connectivity index (χ0n) is 8.26. The van der Waals surface area contributed by atoms with Gasteiger partial charge in [0.15, 0.2) is 4.73 Å². The van der Waals surface area contributed by atoms with Crippen LogP contribution in [0.2, 0.25) is 0 Å². The molecule has 0 saturated carbocycles. The number of imidazole rings is 1. The molecule has 1 aliphatic carbocycles. The number of aromatic amines is 1. The number of aromatic nitrogens is 2. The molecular weight excluding hydrogens is 252 g/mol. The Labute approximate surface area is 96.9 Å². The second-order valence-corrected chi connectivity index (χ2v) is 4.68. The van der Waals surface area contributed by atoms with E-state index in [0.29, 0.717) is 0 Å². The summed E-state index contributed by atoms with van der Waals surface area (Å²) < 4.78 is 0.790. The van der Waals surface area contributed by atoms with E-state index in [1.54, 1.807) is 0 Å². The number of aryl methyl sites for hydroxylation is 2. The van der Waals surface area contributed by atoms with E-state index in [2.05, 4.69) is 44.1 Å². The Bertz CT molecular complexity index is 502. The number of fused-ring (bicyclic) bond motifs is 1. The molecule has 0 aliphatic heterocycles. The summed E-state index contributed by atoms with van der Waals surface area (Å²) in [5.41, 5.74) is 5.32. The number of benzene rings is 1. The van der Waals surface area contributed by atoms with E-state index < -0.39 is 0 Å². The van der Waals surface area contributed by atoms with Crippen LogP contribution in [0.4, 0.5) is 0 Å². The first-order valence-electron chi connectivity index (χ1n) is 5.15. The molecule has 0 radical (unpaired) electrons. The van der Waals surface area contributed by atoms with E-state index in [4.69, 9.17) is 0 Å². The normalized spacial score (nSPS) is 14.2. The average Bonchev–Trinajstić information content (AvgIpc) is 2.84. The van der Waals surface area contributed by atoms with E-state index in [9.17, 15) is 0 Å². The molecule has 0 spiro atoms. The van der Waals surface area contributed by atoms with Crippen LogP contribution >= 0.6 is 15.9 Å². The SMILES string of the molecule is Brc1ncc(-c2ccc3c(c2)CCC3)[nH]1. The van der Waals surface area contributed by atoms with Crippen LogP contribution in [0.3, 0.4) is 0 Å². The van der Waals surface area contributed by atoms with Crippen LogP contribution in [0, 0.1) is 0 Å². The van der Waals surface area contributed by atoms with Gasteiger partial charge in [-0.1, -0.05) is 12.1 Å². The molecule has 1 heterocycles. The van der Waals surface area contributed by atoms with E-state index in [1.165, 1.54) is 36.0 Å². The molecule has 0 bridgehead atoms. The highest BCUT2D eigenvalue weighted by Crippen LogP contribution is 2.27. The quantitative estimate of drug-likeness (QED) is 0.839. The minimum absolute atomic E-state index is 0.790. The minimum atomic E-state index is 0.790. The maximum absolute atomic E-state index is 4.15. The van der Waals surface area contributed by atoms with Crippen LogP contribution in [-0.4, -0.2) is 9.97 Å². The Morgan fingerprint density at radius 2 is 2.07 bits per heavy atom. The first kappa shape index (κ1) is 9.16. The van der Waals surface area contributed by atoms with E-state index in [0.717, 1.165) is 10.4 Å². The van der Waals surface area contributed by atoms with Crippen LogP contribution < -0.4 is 0 Å². The van der Waals surface area contributed by atoms with Gasteiger partial charge in [-0.3, -0.25) is 0 Å². The van der Waals surface area contributed by atoms with Crippen molar-refractivity contribution in [2.45, 2.75) is 19.3 Å². The number of H-pyrrole nitrogens is 1. The van der Waals surface area contributed by atoms with Gasteiger partial charge in [0.2, 0.25) is 0 Å². The number of halogens is 1. The van der Waals surface area contributed by atoms with Crippen molar-refractivity contribution in [2.75, 3.05) is 0 Å². The monoisotopic (exact) mass is 262 g/mol. The van der Waals surface area contributed by atoms with Gasteiger partial charge in [0.05, 0.1) is 11.9 Å². The van der Waals surface area contributed by atoms with E-state index >= 15 is 0 Å². The van der Waals surface area contributed by atoms with Crippen LogP contribution in [0.5, 0.6) is 0 Å². The highest BCUT2D eigenvalue weighted by Gasteiger charge is 2.11. The Morgan fingerprint density at radius 3 is 2.87 bits per heavy atom. The molecule has 0 amide bonds. The van der Waals surface area contributed by atoms with Crippen molar-refractivity contribution in [3.8, 4) is 11.3 Å². The molecule has 3 heteroatoms. The smallest absolute Gasteiger partial charge is 0.174 e. The van der Waals surface area contributed by atoms with Gasteiger partial charge in [-0.05, 0) is 57.9 Å². The molecule has 0 atom stereocenters. The molecule has 15 heavy (non-hydrogen) atoms. The van der Waals surface area contributed by atoms with Crippen molar-refractivity contribution in [1.82, 2.24) is 9.97 Å². The second-order valence-electron chi connectivity index (χ2n) is 3.92. The largest absolute Gasteiger partial charge is 0.333 e. The summed E-state index contributed by atoms with van der Waals surface area (Å²) in [5, 5.41) is 0. The van der Waals surface area contributed by atoms with Gasteiger partial charge in [0, 0.05) is 0 Å². The lowest BCUT2D eigenvalue weighted by atomic mass is 10.1. The summed E-state index contributed by atoms with van der Waals surface area (Å²) in [5.74, 6) is 0. The molecule has 1 N–H and O–H groups in total. The predicted octanol–water partition coefficient (Wildman–Crippen LogP) is 3.33. The summed E-state index contributed by atoms with van der Waals surface area (Å²) in [6.07, 6.45) is 5.62. The zero-order chi connectivity index (χ0) is 10.3. The predicted molar refractivity (Wildman–Crippen MR) is 63.7 cm³/mol. The van der Waals surface area contributed by atoms with Crippen molar-refractivity contribution >= 4 is 15.9 Å². The maximum atomic E-state index is 4.15. The van der Waals surface area contributed by atoms with Crippen LogP contribution in [0.1, 0.15) is 17.5 Å². The zero-order valence-corrected chi connectivity index (χ0v) is 9.84. The number of nitrogens with zero attached hydrogens (tertiary/aromatic N) is 1. The van der Waals surface area contributed by atoms with Gasteiger partial charge in [0.1, 0.15) is 0 Å². The fraction of sp³-hybridized carbons (Fsp3) is 0.250. The highest BCUT2D eigenvalue weighted by atomic mass is 79.9. The standard InChI is InChI=1S/C12H11BrN2/c13-12-14-7-11(15-12)10-5-4-8-2-1-3-9(8)6-10/h4-7H,1-3H2,(H,14,15). The molecule has 1 aliphatic rings. The highest BCUT2D eigenvalue weighted by molar-refractivity contribution is 9.10. The molecule has 1 aromatic carbocycles. The van der Waals surface area contributed by atoms with Crippen LogP contribution in [0.15, 0.2) is 29.1 Å². The molecule has 1 aromatic heterocycles. The lowest BCUT2D eigenvalue weighted by Crippen LogP contribution is -1.84. The van der Waals surface area contributed by atoms with Crippen molar-refractivity contribution < 1.29 is 0 Å². The van der Waals surface area contributed by atoms with E-state index in [-0.39, 0.29) is 0 Å². The Morgan fingerprint density at radius 1 is 1.20 bits per heavy atom. The van der Waals surface area contributed by atoms with Gasteiger partial charge < -0.3 is 4.98 Å². The fourth-order valence-corrected chi connectivity index (χ4v) is 2.50. The van der Waals surface area contributed by atoms with E-state index in [1.807, 2.05) is 6.20 Å². The van der Waals surface area contributed by atoms with Gasteiger partial charge in [0.25, 0.3) is 0 Å². The molecule has 0 fully saturated rings. The molecule has 0 unspecified atom stereocenters. The van der Waals surface area contributed by atoms with Gasteiger partial charge in [-0.25, -0.2) is 4.98 Å². The Balaban J connectivity index is 2.06. The van der Waals surface area contributed by atoms with Crippen molar-refractivity contribution in [2.24, 2.45) is 0 Å². The molecule has 2 nitrogen and oxygen atoms in total. The third-order valence-electron chi connectivity index (χ3n) is 2.95. The van der Waals surface area contributed by atoms with Crippen molar-refractivity contribution in [1.29, 1.82) is 0 Å². The number of nitrogens with one attached hydrogen (secondary N) is 1. The van der Waals surface area contributed by atoms with Crippen molar-refractivity contribution in [3.05, 3.63) is 40.3 Å². The lowest BCUT2D eigenvalue weighted by molar-refractivity contribution is 0.912. The average molecular weight is 263 g/mol. The number of rotatable bonds is 1. The summed E-state index contributed by atoms with van der Waals surface area (Å²) in [4.78, 5) is 7.34. The second kappa shape index (κ2) is 3.49. The summed E-state index contributed by atoms with van der Waals surface area (Å²) in [6, 6.07) is 6.69. The minimum Gasteiger partial charge on any atom is -0.333 e. The lowest BCUT2D eigenvalue weighted by Gasteiger charge is -2.02. The summed E-state index contributed by atoms with van der Waals surface area (Å²) in [7, 11) is 0. The number of hydrogen-bond donors (Lipinski definition) is 1. The Kier molecular flexibility index (Phi) is 2.13. The van der Waals surface area contributed by atoms with Gasteiger partial charge >= 0.3 is 0 Å². The summed E-state index contributed by atoms with van der Waals surface area (Å²) in [6.45, 7) is 0. The maximum Gasteiger partial charge on any atom is 0.174 e. The van der Waals surface area contributed by atoms with Crippen LogP contribution in [0.25, 0.3) is 11.3 Å². The molecule has 76 valence electrons. The molecular formula is C12H11BrN2. The molecule has 3 rings (SSSR count). The third-order valence-corrected chi connectivity index (χ3v) is 3.36. The van der Waals surface area contributed by atoms with Gasteiger partial charge in [-0.2, -0.15) is 0 Å².